The molecular formula is C5H9NO5. The van der Waals surface area contributed by atoms with Crippen LogP contribution in [0.1, 0.15) is 0 Å². The van der Waals surface area contributed by atoms with Crippen LogP contribution in [-0.2, 0) is 9.47 Å². The molecule has 0 bridgehead atoms. The highest BCUT2D eigenvalue weighted by atomic mass is 16.7. The highest BCUT2D eigenvalue weighted by Gasteiger charge is 2.26. The Labute approximate surface area is 62.7 Å². The molecule has 1 heterocycles. The number of aliphatic hydroxyl groups is 1. The number of amides is 1. The fourth-order valence-corrected chi connectivity index (χ4v) is 0.720. The van der Waals surface area contributed by atoms with Crippen LogP contribution in [0.5, 0.6) is 0 Å². The van der Waals surface area contributed by atoms with Gasteiger partial charge in [-0.05, 0) is 0 Å². The van der Waals surface area contributed by atoms with E-state index in [0.717, 1.165) is 0 Å². The van der Waals surface area contributed by atoms with Gasteiger partial charge in [0.2, 0.25) is 6.41 Å². The first kappa shape index (κ1) is 8.25. The highest BCUT2D eigenvalue weighted by molar-refractivity contribution is 5.64. The lowest BCUT2D eigenvalue weighted by molar-refractivity contribution is -0.0809. The van der Waals surface area contributed by atoms with Crippen LogP contribution in [0, 0.1) is 0 Å². The predicted molar refractivity (Wildman–Crippen MR) is 32.9 cm³/mol. The molecule has 0 aromatic carbocycles. The van der Waals surface area contributed by atoms with E-state index in [-0.39, 0.29) is 13.2 Å². The van der Waals surface area contributed by atoms with E-state index in [1.54, 1.807) is 0 Å². The van der Waals surface area contributed by atoms with Crippen LogP contribution in [0.3, 0.4) is 0 Å². The third kappa shape index (κ3) is 2.34. The zero-order valence-corrected chi connectivity index (χ0v) is 5.69. The molecule has 1 saturated heterocycles. The van der Waals surface area contributed by atoms with E-state index in [1.807, 2.05) is 5.32 Å². The third-order valence-electron chi connectivity index (χ3n) is 1.19. The molecule has 6 nitrogen and oxygen atoms in total. The number of aliphatic hydroxyl groups excluding tert-OH is 1. The van der Waals surface area contributed by atoms with Gasteiger partial charge < -0.3 is 19.7 Å². The Kier molecular flexibility index (Phi) is 2.64. The first-order valence-corrected chi connectivity index (χ1v) is 3.09. The van der Waals surface area contributed by atoms with Crippen molar-refractivity contribution in [1.29, 1.82) is 0 Å². The fourth-order valence-electron chi connectivity index (χ4n) is 0.720. The molecule has 11 heavy (non-hydrogen) atoms. The normalized spacial score (nSPS) is 30.3. The van der Waals surface area contributed by atoms with Gasteiger partial charge in [-0.15, -0.1) is 0 Å². The molecular weight excluding hydrogens is 154 g/mol. The lowest BCUT2D eigenvalue weighted by atomic mass is 10.4. The van der Waals surface area contributed by atoms with Crippen LogP contribution in [-0.4, -0.2) is 42.0 Å². The molecule has 1 rings (SSSR count). The van der Waals surface area contributed by atoms with Gasteiger partial charge >= 0.3 is 6.09 Å². The fraction of sp³-hybridized carbons (Fsp3) is 0.800. The van der Waals surface area contributed by atoms with Gasteiger partial charge in [0.15, 0.2) is 0 Å². The van der Waals surface area contributed by atoms with Crippen molar-refractivity contribution in [2.45, 2.75) is 12.5 Å². The van der Waals surface area contributed by atoms with Gasteiger partial charge in [0.1, 0.15) is 6.10 Å². The average Bonchev–Trinajstić information content (AvgIpc) is 2.34. The second-order valence-corrected chi connectivity index (χ2v) is 2.06. The minimum atomic E-state index is -1.21. The standard InChI is InChI=1S/C5H9NO5/c7-1-3-2-10-5(11-3)6-4(8)9/h3,5-7H,1-2H2,(H,8,9). The lowest BCUT2D eigenvalue weighted by Gasteiger charge is -2.08. The molecule has 1 amide bonds. The van der Waals surface area contributed by atoms with E-state index in [9.17, 15) is 4.79 Å². The van der Waals surface area contributed by atoms with Crippen molar-refractivity contribution in [3.05, 3.63) is 0 Å². The van der Waals surface area contributed by atoms with Gasteiger partial charge in [0.25, 0.3) is 0 Å². The summed E-state index contributed by atoms with van der Waals surface area (Å²) in [6.07, 6.45) is -2.58. The largest absolute Gasteiger partial charge is 0.465 e. The Morgan fingerprint density at radius 2 is 2.45 bits per heavy atom. The van der Waals surface area contributed by atoms with Gasteiger partial charge in [0, 0.05) is 0 Å². The summed E-state index contributed by atoms with van der Waals surface area (Å²) in [6.45, 7) is 0.0409. The van der Waals surface area contributed by atoms with Crippen LogP contribution < -0.4 is 5.32 Å². The maximum absolute atomic E-state index is 10.0. The Morgan fingerprint density at radius 3 is 2.91 bits per heavy atom. The maximum Gasteiger partial charge on any atom is 0.408 e. The lowest BCUT2D eigenvalue weighted by Crippen LogP contribution is -2.34. The molecule has 6 heteroatoms. The molecule has 1 aliphatic heterocycles. The molecule has 0 aromatic heterocycles. The van der Waals surface area contributed by atoms with Crippen LogP contribution in [0.4, 0.5) is 4.79 Å². The summed E-state index contributed by atoms with van der Waals surface area (Å²) in [5, 5.41) is 18.7. The summed E-state index contributed by atoms with van der Waals surface area (Å²) >= 11 is 0. The molecule has 64 valence electrons. The molecule has 3 N–H and O–H groups in total. The number of ether oxygens (including phenoxy) is 2. The van der Waals surface area contributed by atoms with Crippen molar-refractivity contribution >= 4 is 6.09 Å². The van der Waals surface area contributed by atoms with Crippen LogP contribution in [0.25, 0.3) is 0 Å². The van der Waals surface area contributed by atoms with Crippen molar-refractivity contribution in [3.8, 4) is 0 Å². The smallest absolute Gasteiger partial charge is 0.408 e. The van der Waals surface area contributed by atoms with Gasteiger partial charge in [-0.25, -0.2) is 4.79 Å². The van der Waals surface area contributed by atoms with Crippen LogP contribution in [0.15, 0.2) is 0 Å². The maximum atomic E-state index is 10.0. The van der Waals surface area contributed by atoms with E-state index in [1.165, 1.54) is 0 Å². The summed E-state index contributed by atoms with van der Waals surface area (Å²) in [5.74, 6) is 0. The minimum absolute atomic E-state index is 0.169. The number of carboxylic acid groups (broad SMARTS) is 1. The van der Waals surface area contributed by atoms with E-state index in [2.05, 4.69) is 0 Å². The first-order valence-electron chi connectivity index (χ1n) is 3.09. The Morgan fingerprint density at radius 1 is 1.73 bits per heavy atom. The van der Waals surface area contributed by atoms with Crippen molar-refractivity contribution in [1.82, 2.24) is 5.32 Å². The van der Waals surface area contributed by atoms with E-state index in [0.29, 0.717) is 0 Å². The summed E-state index contributed by atoms with van der Waals surface area (Å²) < 4.78 is 9.65. The van der Waals surface area contributed by atoms with Crippen molar-refractivity contribution in [2.24, 2.45) is 0 Å². The number of nitrogens with one attached hydrogen (secondary N) is 1. The van der Waals surface area contributed by atoms with Gasteiger partial charge in [0.05, 0.1) is 13.2 Å². The van der Waals surface area contributed by atoms with Crippen molar-refractivity contribution < 1.29 is 24.5 Å². The summed E-state index contributed by atoms with van der Waals surface area (Å²) in [7, 11) is 0. The highest BCUT2D eigenvalue weighted by Crippen LogP contribution is 2.07. The quantitative estimate of drug-likeness (QED) is 0.483. The number of rotatable bonds is 2. The van der Waals surface area contributed by atoms with E-state index < -0.39 is 18.6 Å². The molecule has 0 spiro atoms. The van der Waals surface area contributed by atoms with Gasteiger partial charge in [-0.2, -0.15) is 0 Å². The number of hydrogen-bond acceptors (Lipinski definition) is 4. The summed E-state index contributed by atoms with van der Waals surface area (Å²) in [5.41, 5.74) is 0. The molecule has 2 atom stereocenters. The molecule has 0 aromatic rings. The Hall–Kier alpha value is -0.850. The Bertz CT molecular complexity index is 150. The van der Waals surface area contributed by atoms with E-state index >= 15 is 0 Å². The van der Waals surface area contributed by atoms with Crippen molar-refractivity contribution in [2.75, 3.05) is 13.2 Å². The molecule has 2 unspecified atom stereocenters. The zero-order valence-electron chi connectivity index (χ0n) is 5.69. The van der Waals surface area contributed by atoms with E-state index in [4.69, 9.17) is 19.7 Å². The van der Waals surface area contributed by atoms with Gasteiger partial charge in [-0.3, -0.25) is 5.32 Å². The average molecular weight is 163 g/mol. The molecule has 1 fully saturated rings. The predicted octanol–water partition coefficient (Wildman–Crippen LogP) is -1.05. The summed E-state index contributed by atoms with van der Waals surface area (Å²) in [4.78, 5) is 10.0. The topological polar surface area (TPSA) is 88.0 Å². The second kappa shape index (κ2) is 3.51. The zero-order chi connectivity index (χ0) is 8.27. The van der Waals surface area contributed by atoms with Gasteiger partial charge in [-0.1, -0.05) is 0 Å². The first-order chi connectivity index (χ1) is 5.22. The number of hydrogen-bond donors (Lipinski definition) is 3. The SMILES string of the molecule is O=C(O)NC1OCC(CO)O1. The van der Waals surface area contributed by atoms with Crippen molar-refractivity contribution in [3.63, 3.8) is 0 Å². The van der Waals surface area contributed by atoms with Crippen LogP contribution in [0.2, 0.25) is 0 Å². The third-order valence-corrected chi connectivity index (χ3v) is 1.19. The number of carbonyl (C=O) groups is 1. The molecule has 0 radical (unpaired) electrons. The minimum Gasteiger partial charge on any atom is -0.465 e. The Balaban J connectivity index is 2.24. The molecule has 1 aliphatic rings. The monoisotopic (exact) mass is 163 g/mol. The second-order valence-electron chi connectivity index (χ2n) is 2.06. The molecule has 0 aliphatic carbocycles. The summed E-state index contributed by atoms with van der Waals surface area (Å²) in [6, 6.07) is 0. The molecule has 0 saturated carbocycles. The van der Waals surface area contributed by atoms with Crippen LogP contribution >= 0.6 is 0 Å².